The molecule has 1 rings (SSSR count). The van der Waals surface area contributed by atoms with Crippen LogP contribution in [0.4, 0.5) is 5.69 Å². The van der Waals surface area contributed by atoms with Gasteiger partial charge in [0.2, 0.25) is 10.0 Å². The largest absolute Gasteiger partial charge is 0.383 e. The minimum Gasteiger partial charge on any atom is -0.383 e. The smallest absolute Gasteiger partial charge is 0.251 e. The van der Waals surface area contributed by atoms with Crippen molar-refractivity contribution in [2.45, 2.75) is 6.92 Å². The van der Waals surface area contributed by atoms with Crippen molar-refractivity contribution in [3.05, 3.63) is 29.3 Å². The van der Waals surface area contributed by atoms with Gasteiger partial charge in [0.25, 0.3) is 5.91 Å². The Bertz CT molecular complexity index is 584. The number of aryl methyl sites for hydroxylation is 1. The Labute approximate surface area is 119 Å². The number of methoxy groups -OCH3 is 1. The van der Waals surface area contributed by atoms with E-state index in [-0.39, 0.29) is 5.91 Å². The zero-order chi connectivity index (χ0) is 15.3. The van der Waals surface area contributed by atoms with E-state index >= 15 is 0 Å². The summed E-state index contributed by atoms with van der Waals surface area (Å²) in [7, 11) is -0.345. The number of nitrogens with one attached hydrogen (secondary N) is 1. The van der Waals surface area contributed by atoms with Gasteiger partial charge in [-0.1, -0.05) is 6.07 Å². The Balaban J connectivity index is 3.00. The Hall–Kier alpha value is -1.60. The summed E-state index contributed by atoms with van der Waals surface area (Å²) in [6.45, 7) is 2.62. The van der Waals surface area contributed by atoms with Gasteiger partial charge in [-0.2, -0.15) is 0 Å². The lowest BCUT2D eigenvalue weighted by atomic mass is 10.1. The van der Waals surface area contributed by atoms with Crippen molar-refractivity contribution in [1.82, 2.24) is 5.32 Å². The molecule has 1 N–H and O–H groups in total. The number of hydrogen-bond acceptors (Lipinski definition) is 4. The summed E-state index contributed by atoms with van der Waals surface area (Å²) < 4.78 is 29.2. The SMILES string of the molecule is COCCNC(=O)c1ccc(C)c(N(C)S(C)(=O)=O)c1. The number of amides is 1. The summed E-state index contributed by atoms with van der Waals surface area (Å²) in [4.78, 5) is 11.9. The van der Waals surface area contributed by atoms with Crippen LogP contribution in [0.25, 0.3) is 0 Å². The van der Waals surface area contributed by atoms with Gasteiger partial charge < -0.3 is 10.1 Å². The molecule has 0 spiro atoms. The Morgan fingerprint density at radius 3 is 2.60 bits per heavy atom. The van der Waals surface area contributed by atoms with Crippen LogP contribution in [-0.2, 0) is 14.8 Å². The molecule has 0 aliphatic heterocycles. The van der Waals surface area contributed by atoms with E-state index in [9.17, 15) is 13.2 Å². The average Bonchev–Trinajstić information content (AvgIpc) is 2.37. The van der Waals surface area contributed by atoms with E-state index in [0.717, 1.165) is 16.1 Å². The van der Waals surface area contributed by atoms with Crippen molar-refractivity contribution >= 4 is 21.6 Å². The first-order valence-corrected chi connectivity index (χ1v) is 7.94. The van der Waals surface area contributed by atoms with Crippen LogP contribution in [0.2, 0.25) is 0 Å². The van der Waals surface area contributed by atoms with Gasteiger partial charge in [-0.3, -0.25) is 9.10 Å². The first-order chi connectivity index (χ1) is 9.27. The summed E-state index contributed by atoms with van der Waals surface area (Å²) in [5.41, 5.74) is 1.69. The maximum atomic E-state index is 11.9. The average molecular weight is 300 g/mol. The molecule has 7 heteroatoms. The van der Waals surface area contributed by atoms with E-state index in [4.69, 9.17) is 4.74 Å². The molecule has 1 amide bonds. The Morgan fingerprint density at radius 1 is 1.40 bits per heavy atom. The quantitative estimate of drug-likeness (QED) is 0.787. The lowest BCUT2D eigenvalue weighted by molar-refractivity contribution is 0.0937. The van der Waals surface area contributed by atoms with Crippen molar-refractivity contribution in [3.8, 4) is 0 Å². The molecule has 1 aromatic rings. The molecular formula is C13H20N2O4S. The summed E-state index contributed by atoms with van der Waals surface area (Å²) in [5.74, 6) is -0.259. The highest BCUT2D eigenvalue weighted by Gasteiger charge is 2.16. The second kappa shape index (κ2) is 6.71. The lowest BCUT2D eigenvalue weighted by Gasteiger charge is -2.19. The van der Waals surface area contributed by atoms with Gasteiger partial charge in [0.1, 0.15) is 0 Å². The molecule has 0 fully saturated rings. The fourth-order valence-electron chi connectivity index (χ4n) is 1.64. The maximum Gasteiger partial charge on any atom is 0.251 e. The fourth-order valence-corrected chi connectivity index (χ4v) is 2.19. The van der Waals surface area contributed by atoms with Gasteiger partial charge in [-0.25, -0.2) is 8.42 Å². The second-order valence-corrected chi connectivity index (χ2v) is 6.49. The minimum atomic E-state index is -3.36. The summed E-state index contributed by atoms with van der Waals surface area (Å²) in [5, 5.41) is 2.69. The highest BCUT2D eigenvalue weighted by molar-refractivity contribution is 7.92. The van der Waals surface area contributed by atoms with Crippen molar-refractivity contribution in [3.63, 3.8) is 0 Å². The predicted molar refractivity (Wildman–Crippen MR) is 78.6 cm³/mol. The van der Waals surface area contributed by atoms with Crippen molar-refractivity contribution in [2.75, 3.05) is 37.9 Å². The van der Waals surface area contributed by atoms with Crippen LogP contribution in [0.1, 0.15) is 15.9 Å². The zero-order valence-electron chi connectivity index (χ0n) is 12.1. The number of hydrogen-bond donors (Lipinski definition) is 1. The first-order valence-electron chi connectivity index (χ1n) is 6.09. The highest BCUT2D eigenvalue weighted by atomic mass is 32.2. The second-order valence-electron chi connectivity index (χ2n) is 4.48. The predicted octanol–water partition coefficient (Wildman–Crippen LogP) is 0.767. The summed E-state index contributed by atoms with van der Waals surface area (Å²) in [6.07, 6.45) is 1.12. The van der Waals surface area contributed by atoms with Crippen molar-refractivity contribution in [2.24, 2.45) is 0 Å². The molecule has 0 aliphatic carbocycles. The van der Waals surface area contributed by atoms with Gasteiger partial charge in [0, 0.05) is 26.3 Å². The van der Waals surface area contributed by atoms with E-state index in [1.165, 1.54) is 7.05 Å². The third-order valence-corrected chi connectivity index (χ3v) is 4.09. The van der Waals surface area contributed by atoms with Crippen molar-refractivity contribution in [1.29, 1.82) is 0 Å². The molecule has 0 aromatic heterocycles. The summed E-state index contributed by atoms with van der Waals surface area (Å²) in [6, 6.07) is 4.96. The monoisotopic (exact) mass is 300 g/mol. The molecule has 1 aromatic carbocycles. The molecule has 0 unspecified atom stereocenters. The van der Waals surface area contributed by atoms with E-state index in [2.05, 4.69) is 5.32 Å². The number of sulfonamides is 1. The van der Waals surface area contributed by atoms with Crippen LogP contribution in [0.5, 0.6) is 0 Å². The Kier molecular flexibility index (Phi) is 5.52. The fraction of sp³-hybridized carbons (Fsp3) is 0.462. The van der Waals surface area contributed by atoms with Gasteiger partial charge in [0.15, 0.2) is 0 Å². The number of nitrogens with zero attached hydrogens (tertiary/aromatic N) is 1. The molecule has 6 nitrogen and oxygen atoms in total. The van der Waals surface area contributed by atoms with Crippen molar-refractivity contribution < 1.29 is 17.9 Å². The third kappa shape index (κ3) is 4.21. The molecule has 0 bridgehead atoms. The van der Waals surface area contributed by atoms with E-state index < -0.39 is 10.0 Å². The standard InChI is InChI=1S/C13H20N2O4S/c1-10-5-6-11(13(16)14-7-8-19-3)9-12(10)15(2)20(4,17)18/h5-6,9H,7-8H2,1-4H3,(H,14,16). The van der Waals surface area contributed by atoms with Crippen LogP contribution in [0.3, 0.4) is 0 Å². The maximum absolute atomic E-state index is 11.9. The molecular weight excluding hydrogens is 280 g/mol. The van der Waals surface area contributed by atoms with Gasteiger partial charge in [-0.05, 0) is 24.6 Å². The molecule has 0 radical (unpaired) electrons. The van der Waals surface area contributed by atoms with Crippen LogP contribution in [-0.4, -0.2) is 47.9 Å². The molecule has 20 heavy (non-hydrogen) atoms. The molecule has 0 aliphatic rings. The number of carbonyl (C=O) groups is 1. The van der Waals surface area contributed by atoms with E-state index in [1.54, 1.807) is 32.2 Å². The molecule has 112 valence electrons. The van der Waals surface area contributed by atoms with Crippen LogP contribution >= 0.6 is 0 Å². The van der Waals surface area contributed by atoms with Crippen LogP contribution in [0, 0.1) is 6.92 Å². The van der Waals surface area contributed by atoms with Crippen LogP contribution < -0.4 is 9.62 Å². The minimum absolute atomic E-state index is 0.259. The number of anilines is 1. The highest BCUT2D eigenvalue weighted by Crippen LogP contribution is 2.22. The molecule has 0 saturated heterocycles. The normalized spacial score (nSPS) is 11.2. The van der Waals surface area contributed by atoms with Gasteiger partial charge in [0.05, 0.1) is 18.6 Å². The first kappa shape index (κ1) is 16.5. The van der Waals surface area contributed by atoms with Gasteiger partial charge >= 0.3 is 0 Å². The van der Waals surface area contributed by atoms with Crippen LogP contribution in [0.15, 0.2) is 18.2 Å². The number of benzene rings is 1. The summed E-state index contributed by atoms with van der Waals surface area (Å²) >= 11 is 0. The zero-order valence-corrected chi connectivity index (χ0v) is 13.0. The lowest BCUT2D eigenvalue weighted by Crippen LogP contribution is -2.28. The number of ether oxygens (including phenoxy) is 1. The molecule has 0 saturated carbocycles. The molecule has 0 atom stereocenters. The van der Waals surface area contributed by atoms with Gasteiger partial charge in [-0.15, -0.1) is 0 Å². The number of rotatable bonds is 6. The topological polar surface area (TPSA) is 75.7 Å². The Morgan fingerprint density at radius 2 is 2.05 bits per heavy atom. The third-order valence-electron chi connectivity index (χ3n) is 2.90. The number of carbonyl (C=O) groups excluding carboxylic acids is 1. The van der Waals surface area contributed by atoms with E-state index in [1.807, 2.05) is 0 Å². The van der Waals surface area contributed by atoms with E-state index in [0.29, 0.717) is 24.4 Å². The molecule has 0 heterocycles.